The van der Waals surface area contributed by atoms with Gasteiger partial charge in [0.2, 0.25) is 5.91 Å². The minimum Gasteiger partial charge on any atom is -0.387 e. The Bertz CT molecular complexity index is 255. The summed E-state index contributed by atoms with van der Waals surface area (Å²) in [5.74, 6) is -0.164. The average molecular weight is 297 g/mol. The van der Waals surface area contributed by atoms with E-state index < -0.39 is 6.61 Å². The fourth-order valence-corrected chi connectivity index (χ4v) is 1.87. The monoisotopic (exact) mass is 297 g/mol. The molecule has 0 aromatic heterocycles. The second kappa shape index (κ2) is 13.6. The van der Waals surface area contributed by atoms with Gasteiger partial charge in [-0.05, 0) is 30.0 Å². The Balaban J connectivity index is -0.000000809. The normalized spacial score (nSPS) is 11.5. The van der Waals surface area contributed by atoms with Crippen molar-refractivity contribution in [2.75, 3.05) is 13.2 Å². The predicted octanol–water partition coefficient (Wildman–Crippen LogP) is -1.03. The minimum atomic E-state index is -0.483. The number of amides is 1. The first-order chi connectivity index (χ1) is 8.26. The zero-order valence-corrected chi connectivity index (χ0v) is 16.5. The molecule has 0 aliphatic carbocycles. The molecule has 0 aromatic carbocycles. The van der Waals surface area contributed by atoms with Crippen molar-refractivity contribution in [2.45, 2.75) is 47.5 Å². The fourth-order valence-electron chi connectivity index (χ4n) is 1.87. The summed E-state index contributed by atoms with van der Waals surface area (Å²) in [4.78, 5) is 21.7. The van der Waals surface area contributed by atoms with Gasteiger partial charge in [-0.25, -0.2) is 0 Å². The number of Topliss-reactive ketones (excluding diaryl/α,β-unsaturated/α-hetero) is 1. The van der Waals surface area contributed by atoms with Crippen LogP contribution in [0, 0.1) is 18.3 Å². The summed E-state index contributed by atoms with van der Waals surface area (Å²) >= 11 is 0. The quantitative estimate of drug-likeness (QED) is 0.466. The van der Waals surface area contributed by atoms with Crippen molar-refractivity contribution in [1.82, 2.24) is 5.32 Å². The van der Waals surface area contributed by atoms with Crippen LogP contribution in [0.25, 0.3) is 0 Å². The summed E-state index contributed by atoms with van der Waals surface area (Å²) in [6, 6.07) is 0. The number of aliphatic hydroxyl groups is 1. The van der Waals surface area contributed by atoms with Crippen molar-refractivity contribution in [3.8, 4) is 0 Å². The topological polar surface area (TPSA) is 66.4 Å². The van der Waals surface area contributed by atoms with E-state index in [2.05, 4.69) is 12.2 Å². The van der Waals surface area contributed by atoms with Crippen LogP contribution in [0.5, 0.6) is 0 Å². The Kier molecular flexibility index (Phi) is 17.6. The molecule has 0 heterocycles. The summed E-state index contributed by atoms with van der Waals surface area (Å²) in [5.41, 5.74) is -0.0836. The van der Waals surface area contributed by atoms with E-state index in [1.165, 1.54) is 0 Å². The standard InChI is InChI=1S/C12H22NO3.C2H6.K/c1-9(5-10(2)15)6-12(3,4)8-13-11(16)7-14;1-2;/h9,14H,2,5-8H2,1,3-4H3,(H,13,16);1-2H3;/q-1;;+1. The third-order valence-electron chi connectivity index (χ3n) is 2.38. The summed E-state index contributed by atoms with van der Waals surface area (Å²) < 4.78 is 0. The number of carbonyl (C=O) groups is 2. The molecule has 1 unspecified atom stereocenters. The first-order valence-corrected chi connectivity index (χ1v) is 6.49. The molecular weight excluding hydrogens is 269 g/mol. The number of carbonyl (C=O) groups excluding carboxylic acids is 2. The van der Waals surface area contributed by atoms with Crippen molar-refractivity contribution in [2.24, 2.45) is 11.3 Å². The van der Waals surface area contributed by atoms with Crippen LogP contribution in [0.1, 0.15) is 47.5 Å². The Hall–Kier alpha value is 0.606. The fraction of sp³-hybridized carbons (Fsp3) is 0.786. The summed E-state index contributed by atoms with van der Waals surface area (Å²) in [5, 5.41) is 11.2. The molecule has 0 saturated carbocycles. The molecule has 1 amide bonds. The smallest absolute Gasteiger partial charge is 0.387 e. The van der Waals surface area contributed by atoms with Crippen molar-refractivity contribution < 1.29 is 66.1 Å². The van der Waals surface area contributed by atoms with Gasteiger partial charge in [0.15, 0.2) is 0 Å². The third kappa shape index (κ3) is 16.6. The van der Waals surface area contributed by atoms with E-state index in [4.69, 9.17) is 5.11 Å². The van der Waals surface area contributed by atoms with E-state index in [0.29, 0.717) is 13.0 Å². The van der Waals surface area contributed by atoms with Crippen LogP contribution in [-0.2, 0) is 9.59 Å². The van der Waals surface area contributed by atoms with E-state index in [1.54, 1.807) is 0 Å². The van der Waals surface area contributed by atoms with Crippen LogP contribution in [-0.4, -0.2) is 29.9 Å². The first kappa shape index (κ1) is 24.6. The zero-order chi connectivity index (χ0) is 14.8. The van der Waals surface area contributed by atoms with Gasteiger partial charge in [-0.3, -0.25) is 4.79 Å². The molecule has 0 aliphatic heterocycles. The summed E-state index contributed by atoms with van der Waals surface area (Å²) in [6.45, 7) is 13.4. The van der Waals surface area contributed by atoms with Gasteiger partial charge in [0.05, 0.1) is 0 Å². The molecule has 1 atom stereocenters. The van der Waals surface area contributed by atoms with Gasteiger partial charge >= 0.3 is 51.4 Å². The van der Waals surface area contributed by atoms with E-state index in [-0.39, 0.29) is 74.4 Å². The molecule has 19 heavy (non-hydrogen) atoms. The maximum atomic E-state index is 10.9. The molecule has 0 radical (unpaired) electrons. The maximum Gasteiger partial charge on any atom is 1.00 e. The van der Waals surface area contributed by atoms with Crippen molar-refractivity contribution in [3.05, 3.63) is 6.92 Å². The molecule has 108 valence electrons. The SMILES string of the molecule is CC.[CH2-]C(=O)CC(C)CC(C)(C)CNC(=O)CO.[K+]. The predicted molar refractivity (Wildman–Crippen MR) is 74.0 cm³/mol. The molecular formula is C14H28KNO3. The van der Waals surface area contributed by atoms with Gasteiger partial charge in [0, 0.05) is 6.54 Å². The van der Waals surface area contributed by atoms with Gasteiger partial charge in [-0.2, -0.15) is 0 Å². The molecule has 2 N–H and O–H groups in total. The number of hydrogen-bond acceptors (Lipinski definition) is 3. The largest absolute Gasteiger partial charge is 1.00 e. The minimum absolute atomic E-state index is 0. The molecule has 0 fully saturated rings. The van der Waals surface area contributed by atoms with Crippen LogP contribution in [0.2, 0.25) is 0 Å². The van der Waals surface area contributed by atoms with Crippen molar-refractivity contribution in [1.29, 1.82) is 0 Å². The van der Waals surface area contributed by atoms with Gasteiger partial charge < -0.3 is 22.1 Å². The second-order valence-electron chi connectivity index (χ2n) is 5.15. The third-order valence-corrected chi connectivity index (χ3v) is 2.38. The van der Waals surface area contributed by atoms with Crippen molar-refractivity contribution >= 4 is 11.7 Å². The number of hydrogen-bond donors (Lipinski definition) is 2. The zero-order valence-electron chi connectivity index (χ0n) is 13.4. The van der Waals surface area contributed by atoms with Gasteiger partial charge in [0.25, 0.3) is 0 Å². The molecule has 0 spiro atoms. The molecule has 5 heteroatoms. The van der Waals surface area contributed by atoms with Crippen LogP contribution in [0.3, 0.4) is 0 Å². The van der Waals surface area contributed by atoms with Crippen LogP contribution in [0.15, 0.2) is 0 Å². The number of rotatable bonds is 7. The van der Waals surface area contributed by atoms with E-state index in [1.807, 2.05) is 34.6 Å². The van der Waals surface area contributed by atoms with Crippen LogP contribution >= 0.6 is 0 Å². The molecule has 0 rings (SSSR count). The number of ketones is 1. The van der Waals surface area contributed by atoms with E-state index in [9.17, 15) is 9.59 Å². The van der Waals surface area contributed by atoms with Crippen molar-refractivity contribution in [3.63, 3.8) is 0 Å². The number of aliphatic hydroxyl groups excluding tert-OH is 1. The van der Waals surface area contributed by atoms with Gasteiger partial charge in [0.1, 0.15) is 6.61 Å². The Morgan fingerprint density at radius 2 is 1.79 bits per heavy atom. The van der Waals surface area contributed by atoms with Crippen LogP contribution in [0.4, 0.5) is 0 Å². The number of nitrogens with one attached hydrogen (secondary N) is 1. The maximum absolute atomic E-state index is 10.9. The van der Waals surface area contributed by atoms with E-state index in [0.717, 1.165) is 6.42 Å². The molecule has 0 aliphatic rings. The summed E-state index contributed by atoms with van der Waals surface area (Å²) in [7, 11) is 0. The Morgan fingerprint density at radius 1 is 1.32 bits per heavy atom. The van der Waals surface area contributed by atoms with E-state index >= 15 is 0 Å². The second-order valence-corrected chi connectivity index (χ2v) is 5.15. The summed E-state index contributed by atoms with van der Waals surface area (Å²) in [6.07, 6.45) is 1.30. The molecule has 0 bridgehead atoms. The first-order valence-electron chi connectivity index (χ1n) is 6.49. The average Bonchev–Trinajstić information content (AvgIpc) is 2.26. The molecule has 4 nitrogen and oxygen atoms in total. The van der Waals surface area contributed by atoms with Crippen LogP contribution < -0.4 is 56.7 Å². The van der Waals surface area contributed by atoms with Gasteiger partial charge in [-0.15, -0.1) is 0 Å². The Labute approximate surface area is 160 Å². The Morgan fingerprint density at radius 3 is 2.16 bits per heavy atom. The van der Waals surface area contributed by atoms with Gasteiger partial charge in [-0.1, -0.05) is 34.6 Å². The molecule has 0 aromatic rings. The molecule has 0 saturated heterocycles.